The van der Waals surface area contributed by atoms with Gasteiger partial charge in [0.05, 0.1) is 6.04 Å². The van der Waals surface area contributed by atoms with E-state index in [1.165, 1.54) is 12.1 Å². The van der Waals surface area contributed by atoms with Crippen LogP contribution in [0, 0.1) is 34.9 Å². The molecule has 3 aliphatic carbocycles. The number of pyridine rings is 1. The minimum Gasteiger partial charge on any atom is -0.354 e. The van der Waals surface area contributed by atoms with E-state index in [4.69, 9.17) is 17.3 Å². The van der Waals surface area contributed by atoms with Crippen molar-refractivity contribution in [3.05, 3.63) is 59.1 Å². The molecule has 6 atom stereocenters. The molecule has 8 heteroatoms. The van der Waals surface area contributed by atoms with Crippen LogP contribution in [-0.2, 0) is 15.0 Å². The zero-order valence-corrected chi connectivity index (χ0v) is 22.2. The molecule has 6 nitrogen and oxygen atoms in total. The number of hydrogen-bond acceptors (Lipinski definition) is 4. The second-order valence-corrected chi connectivity index (χ2v) is 12.4. The Labute approximate surface area is 222 Å². The average molecular weight is 527 g/mol. The van der Waals surface area contributed by atoms with Crippen molar-refractivity contribution in [1.82, 2.24) is 10.3 Å². The van der Waals surface area contributed by atoms with Crippen LogP contribution in [0.3, 0.4) is 0 Å². The Morgan fingerprint density at radius 1 is 1.19 bits per heavy atom. The van der Waals surface area contributed by atoms with E-state index >= 15 is 0 Å². The van der Waals surface area contributed by atoms with Gasteiger partial charge in [0.25, 0.3) is 0 Å². The van der Waals surface area contributed by atoms with Gasteiger partial charge in [-0.3, -0.25) is 14.6 Å². The van der Waals surface area contributed by atoms with Gasteiger partial charge < -0.3 is 16.4 Å². The van der Waals surface area contributed by atoms with Crippen LogP contribution in [-0.4, -0.2) is 29.4 Å². The van der Waals surface area contributed by atoms with Gasteiger partial charge in [-0.15, -0.1) is 0 Å². The number of carbonyl (C=O) groups is 2. The van der Waals surface area contributed by atoms with Crippen LogP contribution in [0.25, 0.3) is 0 Å². The van der Waals surface area contributed by atoms with Gasteiger partial charge in [-0.1, -0.05) is 31.5 Å². The summed E-state index contributed by atoms with van der Waals surface area (Å²) >= 11 is 6.32. The number of nitrogens with one attached hydrogen (secondary N) is 2. The fourth-order valence-corrected chi connectivity index (χ4v) is 7.59. The van der Waals surface area contributed by atoms with E-state index < -0.39 is 11.5 Å². The summed E-state index contributed by atoms with van der Waals surface area (Å²) in [6.45, 7) is 4.67. The van der Waals surface area contributed by atoms with Crippen LogP contribution < -0.4 is 16.4 Å². The van der Waals surface area contributed by atoms with Crippen molar-refractivity contribution in [2.45, 2.75) is 63.8 Å². The number of rotatable bonds is 7. The fraction of sp³-hybridized carbons (Fsp3) is 0.552. The molecule has 5 rings (SSSR count). The van der Waals surface area contributed by atoms with E-state index in [0.29, 0.717) is 29.8 Å². The highest BCUT2D eigenvalue weighted by Crippen LogP contribution is 2.54. The maximum Gasteiger partial charge on any atom is 0.237 e. The molecule has 0 spiro atoms. The standard InChI is InChI=1S/C29H36ClFN4O2/c1-17-11-18-12-19(15-28(2,14-18)27(37)35-21-5-9-33-10-6-21)24(17)25(32)26(36)34-16-29(7-8-29)22-4-3-20(31)13-23(22)30/h3-6,9-10,13,17-19,24-25H,7-8,11-12,14-16,32H2,1-2H3,(H,34,36)(H,33,35,37). The molecule has 1 aromatic heterocycles. The fourth-order valence-electron chi connectivity index (χ4n) is 7.22. The third kappa shape index (κ3) is 5.26. The number of benzene rings is 1. The zero-order chi connectivity index (χ0) is 26.4. The second-order valence-electron chi connectivity index (χ2n) is 12.0. The highest BCUT2D eigenvalue weighted by Gasteiger charge is 2.51. The van der Waals surface area contributed by atoms with Crippen LogP contribution in [0.2, 0.25) is 5.02 Å². The molecule has 2 aromatic rings. The third-order valence-corrected chi connectivity index (χ3v) is 9.47. The molecule has 1 heterocycles. The van der Waals surface area contributed by atoms with Crippen molar-refractivity contribution in [3.63, 3.8) is 0 Å². The van der Waals surface area contributed by atoms with E-state index in [1.54, 1.807) is 30.6 Å². The number of hydrogen-bond donors (Lipinski definition) is 3. The lowest BCUT2D eigenvalue weighted by atomic mass is 9.54. The van der Waals surface area contributed by atoms with E-state index in [-0.39, 0.29) is 34.9 Å². The topological polar surface area (TPSA) is 97.1 Å². The first-order chi connectivity index (χ1) is 17.6. The predicted octanol–water partition coefficient (Wildman–Crippen LogP) is 5.07. The van der Waals surface area contributed by atoms with Crippen molar-refractivity contribution in [1.29, 1.82) is 0 Å². The molecular formula is C29H36ClFN4O2. The van der Waals surface area contributed by atoms with Crippen LogP contribution in [0.1, 0.15) is 57.9 Å². The summed E-state index contributed by atoms with van der Waals surface area (Å²) < 4.78 is 13.5. The molecular weight excluding hydrogens is 491 g/mol. The lowest BCUT2D eigenvalue weighted by Crippen LogP contribution is -2.55. The zero-order valence-electron chi connectivity index (χ0n) is 21.5. The Bertz CT molecular complexity index is 1170. The van der Waals surface area contributed by atoms with Gasteiger partial charge in [0.2, 0.25) is 11.8 Å². The highest BCUT2D eigenvalue weighted by molar-refractivity contribution is 6.31. The summed E-state index contributed by atoms with van der Waals surface area (Å²) in [5, 5.41) is 6.55. The molecule has 198 valence electrons. The van der Waals surface area contributed by atoms with Crippen molar-refractivity contribution in [3.8, 4) is 0 Å². The van der Waals surface area contributed by atoms with Gasteiger partial charge in [0.15, 0.2) is 0 Å². The first kappa shape index (κ1) is 26.1. The van der Waals surface area contributed by atoms with Crippen molar-refractivity contribution in [2.24, 2.45) is 34.8 Å². The number of nitrogens with zero attached hydrogens (tertiary/aromatic N) is 1. The SMILES string of the molecule is CC1CC2CC(CC(C)(C(=O)Nc3ccncc3)C2)C1C(N)C(=O)NCC1(c2ccc(F)cc2Cl)CC1. The molecule has 0 radical (unpaired) electrons. The van der Waals surface area contributed by atoms with Crippen LogP contribution in [0.4, 0.5) is 10.1 Å². The molecule has 0 saturated heterocycles. The monoisotopic (exact) mass is 526 g/mol. The minimum atomic E-state index is -0.647. The summed E-state index contributed by atoms with van der Waals surface area (Å²) in [4.78, 5) is 30.7. The molecule has 3 saturated carbocycles. The van der Waals surface area contributed by atoms with Crippen molar-refractivity contribution in [2.75, 3.05) is 11.9 Å². The van der Waals surface area contributed by atoms with E-state index in [1.807, 2.05) is 6.92 Å². The summed E-state index contributed by atoms with van der Waals surface area (Å²) in [5.74, 6) is 0.462. The first-order valence-corrected chi connectivity index (χ1v) is 13.7. The van der Waals surface area contributed by atoms with Gasteiger partial charge in [-0.25, -0.2) is 4.39 Å². The first-order valence-electron chi connectivity index (χ1n) is 13.3. The molecule has 6 unspecified atom stereocenters. The Balaban J connectivity index is 1.25. The molecule has 4 N–H and O–H groups in total. The molecule has 3 aliphatic rings. The summed E-state index contributed by atoms with van der Waals surface area (Å²) in [7, 11) is 0. The quantitative estimate of drug-likeness (QED) is 0.469. The largest absolute Gasteiger partial charge is 0.354 e. The summed E-state index contributed by atoms with van der Waals surface area (Å²) in [6.07, 6.45) is 8.65. The van der Waals surface area contributed by atoms with Gasteiger partial charge in [0.1, 0.15) is 5.82 Å². The minimum absolute atomic E-state index is 0.00848. The number of aromatic nitrogens is 1. The Morgan fingerprint density at radius 2 is 1.92 bits per heavy atom. The van der Waals surface area contributed by atoms with Crippen LogP contribution in [0.15, 0.2) is 42.7 Å². The van der Waals surface area contributed by atoms with Gasteiger partial charge in [-0.05, 0) is 92.0 Å². The molecule has 2 amide bonds. The Morgan fingerprint density at radius 3 is 2.59 bits per heavy atom. The lowest BCUT2D eigenvalue weighted by Gasteiger charge is -2.51. The smallest absolute Gasteiger partial charge is 0.237 e. The maximum atomic E-state index is 13.5. The van der Waals surface area contributed by atoms with E-state index in [0.717, 1.165) is 43.4 Å². The van der Waals surface area contributed by atoms with E-state index in [2.05, 4.69) is 22.5 Å². The Hall–Kier alpha value is -2.51. The molecule has 37 heavy (non-hydrogen) atoms. The van der Waals surface area contributed by atoms with Crippen molar-refractivity contribution < 1.29 is 14.0 Å². The normalized spacial score (nSPS) is 30.7. The number of carbonyl (C=O) groups excluding carboxylic acids is 2. The lowest BCUT2D eigenvalue weighted by molar-refractivity contribution is -0.133. The number of fused-ring (bicyclic) bond motifs is 2. The second kappa shape index (κ2) is 9.99. The molecule has 3 fully saturated rings. The molecule has 1 aromatic carbocycles. The maximum absolute atomic E-state index is 13.5. The average Bonchev–Trinajstić information content (AvgIpc) is 3.63. The Kier molecular flexibility index (Phi) is 7.05. The molecule has 2 bridgehead atoms. The molecule has 0 aliphatic heterocycles. The van der Waals surface area contributed by atoms with Crippen molar-refractivity contribution >= 4 is 29.1 Å². The number of nitrogens with two attached hydrogens (primary N) is 1. The number of anilines is 1. The summed E-state index contributed by atoms with van der Waals surface area (Å²) in [5.41, 5.74) is 7.51. The highest BCUT2D eigenvalue weighted by atomic mass is 35.5. The van der Waals surface area contributed by atoms with E-state index in [9.17, 15) is 14.0 Å². The third-order valence-electron chi connectivity index (χ3n) is 9.16. The van der Waals surface area contributed by atoms with Gasteiger partial charge in [0, 0.05) is 40.5 Å². The number of halogens is 2. The predicted molar refractivity (Wildman–Crippen MR) is 142 cm³/mol. The van der Waals surface area contributed by atoms with Gasteiger partial charge >= 0.3 is 0 Å². The van der Waals surface area contributed by atoms with Crippen LogP contribution >= 0.6 is 11.6 Å². The summed E-state index contributed by atoms with van der Waals surface area (Å²) in [6, 6.07) is 7.41. The van der Waals surface area contributed by atoms with Gasteiger partial charge in [-0.2, -0.15) is 0 Å². The van der Waals surface area contributed by atoms with Crippen LogP contribution in [0.5, 0.6) is 0 Å². The number of amides is 2.